The molecule has 2 N–H and O–H groups in total. The second-order valence-corrected chi connectivity index (χ2v) is 13.9. The first kappa shape index (κ1) is 33.5. The van der Waals surface area contributed by atoms with E-state index < -0.39 is 6.09 Å². The number of phenolic OH excluding ortho intramolecular Hbond substituents is 1. The van der Waals surface area contributed by atoms with Crippen molar-refractivity contribution in [1.82, 2.24) is 19.3 Å². The molecule has 4 aromatic carbocycles. The van der Waals surface area contributed by atoms with E-state index in [1.165, 1.54) is 10.5 Å². The first-order valence-electron chi connectivity index (χ1n) is 17.7. The smallest absolute Gasteiger partial charge is 0.407 e. The van der Waals surface area contributed by atoms with Crippen molar-refractivity contribution in [2.75, 3.05) is 51.3 Å². The van der Waals surface area contributed by atoms with Crippen molar-refractivity contribution in [2.45, 2.75) is 32.0 Å². The topological polar surface area (TPSA) is 119 Å². The van der Waals surface area contributed by atoms with E-state index in [9.17, 15) is 19.8 Å². The lowest BCUT2D eigenvalue weighted by molar-refractivity contribution is 0.0193. The van der Waals surface area contributed by atoms with Crippen LogP contribution >= 0.6 is 0 Å². The number of carboxylic acid groups (broad SMARTS) is 1. The van der Waals surface area contributed by atoms with E-state index in [4.69, 9.17) is 4.74 Å². The molecular weight excluding hydrogens is 658 g/mol. The predicted octanol–water partition coefficient (Wildman–Crippen LogP) is 5.55. The van der Waals surface area contributed by atoms with E-state index >= 15 is 4.79 Å². The summed E-state index contributed by atoms with van der Waals surface area (Å²) in [6.45, 7) is 4.65. The van der Waals surface area contributed by atoms with Crippen molar-refractivity contribution in [2.24, 2.45) is 0 Å². The third-order valence-electron chi connectivity index (χ3n) is 10.8. The summed E-state index contributed by atoms with van der Waals surface area (Å²) in [5.74, 6) is -0.256. The SMILES string of the molecule is CN(C(=O)c1cn(-c2cc3c(cc2C(=O)N2Cc4ccccc4C[C@H]2CN2CCOCC2)CN(C(=O)O)CC3)c2ccccc12)c1ccc(O)cc1. The molecule has 4 heterocycles. The molecule has 0 spiro atoms. The molecule has 8 rings (SSSR count). The van der Waals surface area contributed by atoms with Crippen molar-refractivity contribution < 1.29 is 29.3 Å². The lowest BCUT2D eigenvalue weighted by atomic mass is 9.91. The number of carbonyl (C=O) groups excluding carboxylic acids is 2. The zero-order valence-electron chi connectivity index (χ0n) is 29.1. The lowest BCUT2D eigenvalue weighted by Gasteiger charge is -2.41. The van der Waals surface area contributed by atoms with Gasteiger partial charge in [-0.05, 0) is 77.6 Å². The Labute approximate surface area is 301 Å². The molecule has 0 unspecified atom stereocenters. The van der Waals surface area contributed by atoms with Crippen molar-refractivity contribution in [3.63, 3.8) is 0 Å². The Morgan fingerprint density at radius 3 is 2.33 bits per heavy atom. The van der Waals surface area contributed by atoms with Crippen LogP contribution in [0.2, 0.25) is 0 Å². The van der Waals surface area contributed by atoms with Gasteiger partial charge < -0.3 is 34.2 Å². The molecule has 0 saturated carbocycles. The van der Waals surface area contributed by atoms with Gasteiger partial charge >= 0.3 is 6.09 Å². The number of phenols is 1. The van der Waals surface area contributed by atoms with Crippen LogP contribution < -0.4 is 4.90 Å². The number of amides is 3. The van der Waals surface area contributed by atoms with Gasteiger partial charge in [0.25, 0.3) is 11.8 Å². The van der Waals surface area contributed by atoms with Gasteiger partial charge in [-0.1, -0.05) is 42.5 Å². The van der Waals surface area contributed by atoms with Crippen LogP contribution in [0.4, 0.5) is 10.5 Å². The molecule has 1 atom stereocenters. The van der Waals surface area contributed by atoms with Gasteiger partial charge in [-0.25, -0.2) is 4.79 Å². The van der Waals surface area contributed by atoms with Crippen molar-refractivity contribution >= 4 is 34.5 Å². The maximum Gasteiger partial charge on any atom is 0.407 e. The molecule has 52 heavy (non-hydrogen) atoms. The fourth-order valence-electron chi connectivity index (χ4n) is 7.88. The number of aromatic nitrogens is 1. The summed E-state index contributed by atoms with van der Waals surface area (Å²) >= 11 is 0. The molecule has 5 aromatic rings. The zero-order chi connectivity index (χ0) is 35.9. The van der Waals surface area contributed by atoms with Crippen LogP contribution in [-0.4, -0.2) is 99.9 Å². The minimum Gasteiger partial charge on any atom is -0.508 e. The van der Waals surface area contributed by atoms with E-state index in [2.05, 4.69) is 17.0 Å². The fourth-order valence-corrected chi connectivity index (χ4v) is 7.88. The number of carbonyl (C=O) groups is 3. The summed E-state index contributed by atoms with van der Waals surface area (Å²) in [5.41, 5.74) is 7.12. The molecule has 3 aliphatic rings. The second-order valence-electron chi connectivity index (χ2n) is 13.9. The zero-order valence-corrected chi connectivity index (χ0v) is 29.1. The largest absolute Gasteiger partial charge is 0.508 e. The average Bonchev–Trinajstić information content (AvgIpc) is 3.56. The number of fused-ring (bicyclic) bond motifs is 3. The van der Waals surface area contributed by atoms with Crippen LogP contribution in [0, 0.1) is 0 Å². The maximum atomic E-state index is 15.2. The molecule has 0 bridgehead atoms. The number of hydrogen-bond donors (Lipinski definition) is 2. The number of rotatable bonds is 6. The van der Waals surface area contributed by atoms with Crippen LogP contribution in [0.15, 0.2) is 91.1 Å². The van der Waals surface area contributed by atoms with Crippen LogP contribution in [-0.2, 0) is 30.7 Å². The van der Waals surface area contributed by atoms with Gasteiger partial charge in [0, 0.05) is 69.6 Å². The minimum absolute atomic E-state index is 0.0857. The highest BCUT2D eigenvalue weighted by Crippen LogP contribution is 2.34. The summed E-state index contributed by atoms with van der Waals surface area (Å²) in [4.78, 5) is 48.7. The standard InChI is InChI=1S/C41H41N5O6/c1-42(31-10-12-33(47)13-11-31)39(48)36-26-46(37-9-5-4-8-34(36)37)38-22-28-14-15-44(41(50)51)23-30(28)21-35(38)40(49)45-24-29-7-3-2-6-27(29)20-32(45)25-43-16-18-52-19-17-43/h2-13,21-22,26,32,47H,14-20,23-25H2,1H3,(H,50,51)/t32-/m0/s1. The minimum atomic E-state index is -0.988. The molecule has 0 radical (unpaired) electrons. The molecule has 0 aliphatic carbocycles. The molecule has 1 aromatic heterocycles. The number of benzene rings is 4. The van der Waals surface area contributed by atoms with Crippen LogP contribution in [0.25, 0.3) is 16.6 Å². The quantitative estimate of drug-likeness (QED) is 0.239. The summed E-state index contributed by atoms with van der Waals surface area (Å²) in [7, 11) is 1.70. The van der Waals surface area contributed by atoms with E-state index in [1.807, 2.05) is 64.2 Å². The van der Waals surface area contributed by atoms with Gasteiger partial charge in [-0.2, -0.15) is 0 Å². The Bertz CT molecular complexity index is 2170. The van der Waals surface area contributed by atoms with Crippen LogP contribution in [0.5, 0.6) is 5.75 Å². The Kier molecular flexibility index (Phi) is 8.90. The third-order valence-corrected chi connectivity index (χ3v) is 10.8. The molecule has 1 fully saturated rings. The highest BCUT2D eigenvalue weighted by Gasteiger charge is 2.35. The van der Waals surface area contributed by atoms with Gasteiger partial charge in [-0.15, -0.1) is 0 Å². The molecular formula is C41H41N5O6. The van der Waals surface area contributed by atoms with Gasteiger partial charge in [0.05, 0.1) is 35.5 Å². The first-order chi connectivity index (χ1) is 25.2. The summed E-state index contributed by atoms with van der Waals surface area (Å²) in [6.07, 6.45) is 2.05. The molecule has 1 saturated heterocycles. The van der Waals surface area contributed by atoms with Crippen LogP contribution in [0.1, 0.15) is 43.0 Å². The fraction of sp³-hybridized carbons (Fsp3) is 0.293. The van der Waals surface area contributed by atoms with E-state index in [-0.39, 0.29) is 30.2 Å². The normalized spacial score (nSPS) is 17.4. The molecule has 3 aliphatic heterocycles. The van der Waals surface area contributed by atoms with Crippen molar-refractivity contribution in [1.29, 1.82) is 0 Å². The van der Waals surface area contributed by atoms with Gasteiger partial charge in [0.1, 0.15) is 5.75 Å². The monoisotopic (exact) mass is 699 g/mol. The average molecular weight is 700 g/mol. The van der Waals surface area contributed by atoms with E-state index in [0.29, 0.717) is 61.8 Å². The summed E-state index contributed by atoms with van der Waals surface area (Å²) in [5, 5.41) is 20.4. The number of anilines is 1. The third kappa shape index (κ3) is 6.26. The highest BCUT2D eigenvalue weighted by atomic mass is 16.5. The maximum absolute atomic E-state index is 15.2. The number of para-hydroxylation sites is 1. The number of nitrogens with zero attached hydrogens (tertiary/aromatic N) is 5. The van der Waals surface area contributed by atoms with Gasteiger partial charge in [0.2, 0.25) is 0 Å². The lowest BCUT2D eigenvalue weighted by Crippen LogP contribution is -2.52. The number of ether oxygens (including phenoxy) is 1. The molecule has 266 valence electrons. The Morgan fingerprint density at radius 1 is 0.827 bits per heavy atom. The number of morpholine rings is 1. The second kappa shape index (κ2) is 13.8. The summed E-state index contributed by atoms with van der Waals surface area (Å²) < 4.78 is 7.57. The molecule has 11 nitrogen and oxygen atoms in total. The van der Waals surface area contributed by atoms with E-state index in [1.54, 1.807) is 36.2 Å². The Morgan fingerprint density at radius 2 is 1.56 bits per heavy atom. The number of hydrogen-bond acceptors (Lipinski definition) is 6. The van der Waals surface area contributed by atoms with E-state index in [0.717, 1.165) is 47.1 Å². The van der Waals surface area contributed by atoms with Crippen molar-refractivity contribution in [3.8, 4) is 11.4 Å². The highest BCUT2D eigenvalue weighted by molar-refractivity contribution is 6.14. The van der Waals surface area contributed by atoms with Crippen LogP contribution in [0.3, 0.4) is 0 Å². The predicted molar refractivity (Wildman–Crippen MR) is 197 cm³/mol. The van der Waals surface area contributed by atoms with Crippen molar-refractivity contribution in [3.05, 3.63) is 125 Å². The first-order valence-corrected chi connectivity index (χ1v) is 17.7. The summed E-state index contributed by atoms with van der Waals surface area (Å²) in [6, 6.07) is 26.2. The molecule has 11 heteroatoms. The van der Waals surface area contributed by atoms with Gasteiger partial charge in [0.15, 0.2) is 0 Å². The Balaban J connectivity index is 1.25. The number of aromatic hydroxyl groups is 1. The molecule has 3 amide bonds. The van der Waals surface area contributed by atoms with Gasteiger partial charge in [-0.3, -0.25) is 14.5 Å². The Hall–Kier alpha value is -5.65.